The van der Waals surface area contributed by atoms with Crippen LogP contribution in [0.2, 0.25) is 0 Å². The lowest BCUT2D eigenvalue weighted by Gasteiger charge is -2.10. The van der Waals surface area contributed by atoms with Gasteiger partial charge in [-0.05, 0) is 25.5 Å². The Hall–Kier alpha value is -2.30. The summed E-state index contributed by atoms with van der Waals surface area (Å²) >= 11 is 0. The average molecular weight is 277 g/mol. The molecule has 0 unspecified atom stereocenters. The SMILES string of the molecule is CCOC(=O)/C=C/[C@@H](C)OC(=O)NCc1ccccc1. The van der Waals surface area contributed by atoms with Gasteiger partial charge in [0.15, 0.2) is 0 Å². The highest BCUT2D eigenvalue weighted by atomic mass is 16.6. The molecule has 0 aliphatic carbocycles. The topological polar surface area (TPSA) is 64.6 Å². The number of hydrogen-bond acceptors (Lipinski definition) is 4. The van der Waals surface area contributed by atoms with Gasteiger partial charge in [-0.25, -0.2) is 9.59 Å². The molecular formula is C15H19NO4. The lowest BCUT2D eigenvalue weighted by Crippen LogP contribution is -2.26. The average Bonchev–Trinajstić information content (AvgIpc) is 2.44. The van der Waals surface area contributed by atoms with Gasteiger partial charge in [0.1, 0.15) is 6.10 Å². The normalized spacial score (nSPS) is 11.9. The first-order chi connectivity index (χ1) is 9.61. The van der Waals surface area contributed by atoms with E-state index in [0.717, 1.165) is 5.56 Å². The summed E-state index contributed by atoms with van der Waals surface area (Å²) in [5.74, 6) is -0.451. The third-order valence-corrected chi connectivity index (χ3v) is 2.36. The van der Waals surface area contributed by atoms with Crippen molar-refractivity contribution in [1.82, 2.24) is 5.32 Å². The maximum absolute atomic E-state index is 11.5. The molecule has 20 heavy (non-hydrogen) atoms. The first-order valence-corrected chi connectivity index (χ1v) is 6.45. The molecule has 1 atom stereocenters. The maximum Gasteiger partial charge on any atom is 0.407 e. The monoisotopic (exact) mass is 277 g/mol. The summed E-state index contributed by atoms with van der Waals surface area (Å²) in [6.07, 6.45) is 1.68. The van der Waals surface area contributed by atoms with E-state index in [-0.39, 0.29) is 0 Å². The Kier molecular flexibility index (Phi) is 6.89. The molecule has 1 amide bonds. The molecule has 1 aromatic rings. The predicted molar refractivity (Wildman–Crippen MR) is 75.0 cm³/mol. The number of nitrogens with one attached hydrogen (secondary N) is 1. The van der Waals surface area contributed by atoms with Crippen LogP contribution < -0.4 is 5.32 Å². The van der Waals surface area contributed by atoms with E-state index in [1.54, 1.807) is 13.8 Å². The van der Waals surface area contributed by atoms with E-state index in [1.807, 2.05) is 30.3 Å². The molecule has 0 heterocycles. The molecule has 5 heteroatoms. The summed E-state index contributed by atoms with van der Waals surface area (Å²) in [5.41, 5.74) is 0.985. The van der Waals surface area contributed by atoms with Gasteiger partial charge in [-0.3, -0.25) is 0 Å². The number of esters is 1. The Morgan fingerprint density at radius 3 is 2.65 bits per heavy atom. The Morgan fingerprint density at radius 1 is 1.30 bits per heavy atom. The van der Waals surface area contributed by atoms with Crippen molar-refractivity contribution >= 4 is 12.1 Å². The lowest BCUT2D eigenvalue weighted by atomic mass is 10.2. The second-order valence-electron chi connectivity index (χ2n) is 4.06. The quantitative estimate of drug-likeness (QED) is 0.640. The van der Waals surface area contributed by atoms with Crippen LogP contribution in [0.25, 0.3) is 0 Å². The van der Waals surface area contributed by atoms with Crippen LogP contribution in [0.4, 0.5) is 4.79 Å². The molecule has 5 nitrogen and oxygen atoms in total. The highest BCUT2D eigenvalue weighted by Gasteiger charge is 2.06. The van der Waals surface area contributed by atoms with E-state index in [1.165, 1.54) is 12.2 Å². The van der Waals surface area contributed by atoms with Crippen molar-refractivity contribution < 1.29 is 19.1 Å². The highest BCUT2D eigenvalue weighted by Crippen LogP contribution is 1.99. The Balaban J connectivity index is 2.29. The van der Waals surface area contributed by atoms with Crippen LogP contribution >= 0.6 is 0 Å². The van der Waals surface area contributed by atoms with Gasteiger partial charge in [0, 0.05) is 12.6 Å². The van der Waals surface area contributed by atoms with Gasteiger partial charge in [-0.1, -0.05) is 30.3 Å². The first-order valence-electron chi connectivity index (χ1n) is 6.45. The minimum atomic E-state index is -0.533. The van der Waals surface area contributed by atoms with Crippen LogP contribution in [0.5, 0.6) is 0 Å². The number of alkyl carbamates (subject to hydrolysis) is 1. The molecule has 108 valence electrons. The fraction of sp³-hybridized carbons (Fsp3) is 0.333. The number of hydrogen-bond donors (Lipinski definition) is 1. The number of carbonyl (C=O) groups is 2. The van der Waals surface area contributed by atoms with Gasteiger partial charge < -0.3 is 14.8 Å². The largest absolute Gasteiger partial charge is 0.463 e. The van der Waals surface area contributed by atoms with Crippen LogP contribution in [-0.4, -0.2) is 24.8 Å². The molecule has 0 saturated carbocycles. The summed E-state index contributed by atoms with van der Waals surface area (Å²) in [5, 5.41) is 2.63. The van der Waals surface area contributed by atoms with E-state index in [2.05, 4.69) is 5.32 Å². The standard InChI is InChI=1S/C15H19NO4/c1-3-19-14(17)10-9-12(2)20-15(18)16-11-13-7-5-4-6-8-13/h4-10,12H,3,11H2,1-2H3,(H,16,18)/b10-9+/t12-/m1/s1. The zero-order valence-corrected chi connectivity index (χ0v) is 11.7. The number of carbonyl (C=O) groups excluding carboxylic acids is 2. The van der Waals surface area contributed by atoms with Crippen LogP contribution in [0.15, 0.2) is 42.5 Å². The van der Waals surface area contributed by atoms with Crippen LogP contribution in [-0.2, 0) is 20.8 Å². The van der Waals surface area contributed by atoms with Crippen molar-refractivity contribution in [1.29, 1.82) is 0 Å². The fourth-order valence-electron chi connectivity index (χ4n) is 1.42. The summed E-state index contributed by atoms with van der Waals surface area (Å²) in [7, 11) is 0. The Morgan fingerprint density at radius 2 is 2.00 bits per heavy atom. The maximum atomic E-state index is 11.5. The molecule has 0 fully saturated rings. The fourth-order valence-corrected chi connectivity index (χ4v) is 1.42. The number of amides is 1. The van der Waals surface area contributed by atoms with E-state index in [9.17, 15) is 9.59 Å². The van der Waals surface area contributed by atoms with Gasteiger partial charge in [-0.15, -0.1) is 0 Å². The summed E-state index contributed by atoms with van der Waals surface area (Å²) in [6, 6.07) is 9.51. The van der Waals surface area contributed by atoms with E-state index in [0.29, 0.717) is 13.2 Å². The number of rotatable bonds is 6. The molecule has 0 aromatic heterocycles. The van der Waals surface area contributed by atoms with Crippen LogP contribution in [0, 0.1) is 0 Å². The predicted octanol–water partition coefficient (Wildman–Crippen LogP) is 2.42. The van der Waals surface area contributed by atoms with Crippen LogP contribution in [0.3, 0.4) is 0 Å². The third-order valence-electron chi connectivity index (χ3n) is 2.36. The van der Waals surface area contributed by atoms with Crippen molar-refractivity contribution in [2.24, 2.45) is 0 Å². The van der Waals surface area contributed by atoms with E-state index >= 15 is 0 Å². The molecule has 0 radical (unpaired) electrons. The molecule has 0 aliphatic heterocycles. The molecule has 0 bridgehead atoms. The van der Waals surface area contributed by atoms with Gasteiger partial charge >= 0.3 is 12.1 Å². The Labute approximate surface area is 118 Å². The molecule has 1 aromatic carbocycles. The van der Waals surface area contributed by atoms with Gasteiger partial charge in [0.25, 0.3) is 0 Å². The Bertz CT molecular complexity index is 456. The smallest absolute Gasteiger partial charge is 0.407 e. The molecular weight excluding hydrogens is 258 g/mol. The second kappa shape index (κ2) is 8.74. The van der Waals surface area contributed by atoms with Crippen molar-refractivity contribution in [3.8, 4) is 0 Å². The van der Waals surface area contributed by atoms with E-state index < -0.39 is 18.2 Å². The van der Waals surface area contributed by atoms with Crippen molar-refractivity contribution in [3.63, 3.8) is 0 Å². The van der Waals surface area contributed by atoms with Crippen molar-refractivity contribution in [2.75, 3.05) is 6.61 Å². The zero-order valence-electron chi connectivity index (χ0n) is 11.7. The molecule has 1 N–H and O–H groups in total. The molecule has 0 saturated heterocycles. The van der Waals surface area contributed by atoms with E-state index in [4.69, 9.17) is 9.47 Å². The van der Waals surface area contributed by atoms with Gasteiger partial charge in [-0.2, -0.15) is 0 Å². The van der Waals surface area contributed by atoms with Crippen molar-refractivity contribution in [2.45, 2.75) is 26.5 Å². The second-order valence-corrected chi connectivity index (χ2v) is 4.06. The number of benzene rings is 1. The molecule has 0 aliphatic rings. The lowest BCUT2D eigenvalue weighted by molar-refractivity contribution is -0.137. The highest BCUT2D eigenvalue weighted by molar-refractivity contribution is 5.82. The van der Waals surface area contributed by atoms with Crippen molar-refractivity contribution in [3.05, 3.63) is 48.0 Å². The van der Waals surface area contributed by atoms with Gasteiger partial charge in [0.2, 0.25) is 0 Å². The van der Waals surface area contributed by atoms with Gasteiger partial charge in [0.05, 0.1) is 6.61 Å². The van der Waals surface area contributed by atoms with Crippen LogP contribution in [0.1, 0.15) is 19.4 Å². The zero-order chi connectivity index (χ0) is 14.8. The summed E-state index contributed by atoms with van der Waals surface area (Å²) in [4.78, 5) is 22.6. The third kappa shape index (κ3) is 6.58. The summed E-state index contributed by atoms with van der Waals surface area (Å²) in [6.45, 7) is 4.10. The minimum Gasteiger partial charge on any atom is -0.463 e. The number of ether oxygens (including phenoxy) is 2. The summed E-state index contributed by atoms with van der Waals surface area (Å²) < 4.78 is 9.78. The molecule has 0 spiro atoms. The first kappa shape index (κ1) is 15.8. The minimum absolute atomic E-state index is 0.315. The molecule has 1 rings (SSSR count).